The molecule has 2 aromatic heterocycles. The molecule has 0 aliphatic heterocycles. The molecule has 0 radical (unpaired) electrons. The van der Waals surface area contributed by atoms with Crippen molar-refractivity contribution >= 4 is 17.0 Å². The topological polar surface area (TPSA) is 65.9 Å². The predicted octanol–water partition coefficient (Wildman–Crippen LogP) is -0.0778. The third kappa shape index (κ3) is 1.54. The molecule has 0 atom stereocenters. The van der Waals surface area contributed by atoms with E-state index in [4.69, 9.17) is 0 Å². The van der Waals surface area contributed by atoms with Crippen molar-refractivity contribution in [1.29, 1.82) is 0 Å². The second-order valence-corrected chi connectivity index (χ2v) is 2.89. The Morgan fingerprint density at radius 2 is 2.07 bits per heavy atom. The van der Waals surface area contributed by atoms with Crippen molar-refractivity contribution in [2.24, 2.45) is 0 Å². The van der Waals surface area contributed by atoms with Crippen LogP contribution in [0, 0.1) is 0 Å². The molecule has 0 saturated heterocycles. The first-order chi connectivity index (χ1) is 6.77. The summed E-state index contributed by atoms with van der Waals surface area (Å²) in [7, 11) is 0. The largest absolute Gasteiger partial charge is 0.550 e. The van der Waals surface area contributed by atoms with Crippen molar-refractivity contribution in [3.05, 3.63) is 36.2 Å². The summed E-state index contributed by atoms with van der Waals surface area (Å²) in [6.07, 6.45) is 3.07. The molecule has 0 aliphatic rings. The van der Waals surface area contributed by atoms with E-state index in [0.717, 1.165) is 5.39 Å². The predicted molar refractivity (Wildman–Crippen MR) is 48.2 cm³/mol. The van der Waals surface area contributed by atoms with Crippen LogP contribution in [0.1, 0.15) is 5.56 Å². The molecule has 0 amide bonds. The molecule has 0 N–H and O–H groups in total. The molecular formula is C10H7N2O2-. The maximum Gasteiger partial charge on any atom is 0.159 e. The highest BCUT2D eigenvalue weighted by Crippen LogP contribution is 2.13. The first-order valence-electron chi connectivity index (χ1n) is 4.16. The summed E-state index contributed by atoms with van der Waals surface area (Å²) in [5, 5.41) is 11.2. The summed E-state index contributed by atoms with van der Waals surface area (Å²) in [5.41, 5.74) is 1.24. The van der Waals surface area contributed by atoms with Crippen LogP contribution in [0.3, 0.4) is 0 Å². The Morgan fingerprint density at radius 1 is 1.29 bits per heavy atom. The van der Waals surface area contributed by atoms with Gasteiger partial charge in [0.05, 0.1) is 0 Å². The Morgan fingerprint density at radius 3 is 2.86 bits per heavy atom. The minimum atomic E-state index is -1.10. The lowest BCUT2D eigenvalue weighted by Gasteiger charge is -2.05. The zero-order chi connectivity index (χ0) is 9.97. The third-order valence-corrected chi connectivity index (χ3v) is 1.94. The minimum absolute atomic E-state index is 0.106. The van der Waals surface area contributed by atoms with Gasteiger partial charge in [0, 0.05) is 30.2 Å². The van der Waals surface area contributed by atoms with Gasteiger partial charge in [0.2, 0.25) is 0 Å². The smallest absolute Gasteiger partial charge is 0.159 e. The van der Waals surface area contributed by atoms with Crippen LogP contribution in [0.5, 0.6) is 0 Å². The van der Waals surface area contributed by atoms with Crippen LogP contribution in [0.25, 0.3) is 11.0 Å². The number of carboxylic acid groups (broad SMARTS) is 1. The van der Waals surface area contributed by atoms with Gasteiger partial charge in [-0.15, -0.1) is 0 Å². The zero-order valence-corrected chi connectivity index (χ0v) is 7.30. The second-order valence-electron chi connectivity index (χ2n) is 2.89. The molecular weight excluding hydrogens is 180 g/mol. The number of pyridine rings is 2. The van der Waals surface area contributed by atoms with Crippen LogP contribution in [-0.2, 0) is 11.2 Å². The van der Waals surface area contributed by atoms with E-state index < -0.39 is 5.97 Å². The number of carboxylic acids is 1. The van der Waals surface area contributed by atoms with Gasteiger partial charge in [0.25, 0.3) is 0 Å². The number of fused-ring (bicyclic) bond motifs is 1. The van der Waals surface area contributed by atoms with E-state index in [1.165, 1.54) is 0 Å². The normalized spacial score (nSPS) is 10.3. The number of aliphatic carboxylic acids is 1. The Labute approximate surface area is 80.2 Å². The Hall–Kier alpha value is -1.97. The zero-order valence-electron chi connectivity index (χ0n) is 7.30. The van der Waals surface area contributed by atoms with Crippen LogP contribution in [0.15, 0.2) is 30.6 Å². The van der Waals surface area contributed by atoms with Gasteiger partial charge in [-0.2, -0.15) is 0 Å². The van der Waals surface area contributed by atoms with Crippen molar-refractivity contribution in [1.82, 2.24) is 9.97 Å². The van der Waals surface area contributed by atoms with Gasteiger partial charge in [0.15, 0.2) is 5.65 Å². The molecule has 0 saturated carbocycles. The van der Waals surface area contributed by atoms with E-state index >= 15 is 0 Å². The van der Waals surface area contributed by atoms with Gasteiger partial charge in [-0.1, -0.05) is 0 Å². The lowest BCUT2D eigenvalue weighted by molar-refractivity contribution is -0.304. The molecule has 0 spiro atoms. The van der Waals surface area contributed by atoms with E-state index in [2.05, 4.69) is 9.97 Å². The first-order valence-corrected chi connectivity index (χ1v) is 4.16. The summed E-state index contributed by atoms with van der Waals surface area (Å²) in [6.45, 7) is 0. The molecule has 4 heteroatoms. The number of hydrogen-bond donors (Lipinski definition) is 0. The Kier molecular flexibility index (Phi) is 2.10. The molecule has 2 heterocycles. The van der Waals surface area contributed by atoms with Crippen LogP contribution in [0.4, 0.5) is 0 Å². The number of rotatable bonds is 2. The van der Waals surface area contributed by atoms with Gasteiger partial charge in [0.1, 0.15) is 0 Å². The van der Waals surface area contributed by atoms with Crippen LogP contribution < -0.4 is 5.11 Å². The molecule has 2 rings (SSSR count). The Balaban J connectivity index is 2.59. The maximum absolute atomic E-state index is 10.5. The van der Waals surface area contributed by atoms with Crippen LogP contribution >= 0.6 is 0 Å². The van der Waals surface area contributed by atoms with E-state index in [1.807, 2.05) is 0 Å². The third-order valence-electron chi connectivity index (χ3n) is 1.94. The number of aromatic nitrogens is 2. The minimum Gasteiger partial charge on any atom is -0.550 e. The van der Waals surface area contributed by atoms with Crippen molar-refractivity contribution < 1.29 is 9.90 Å². The van der Waals surface area contributed by atoms with Gasteiger partial charge in [-0.25, -0.2) is 9.97 Å². The fourth-order valence-corrected chi connectivity index (χ4v) is 1.35. The monoisotopic (exact) mass is 187 g/mol. The maximum atomic E-state index is 10.5. The molecule has 0 bridgehead atoms. The summed E-state index contributed by atoms with van der Waals surface area (Å²) >= 11 is 0. The number of carbonyl (C=O) groups is 1. The average Bonchev–Trinajstić information content (AvgIpc) is 2.18. The van der Waals surface area contributed by atoms with Gasteiger partial charge < -0.3 is 9.90 Å². The van der Waals surface area contributed by atoms with E-state index in [1.54, 1.807) is 30.6 Å². The lowest BCUT2D eigenvalue weighted by Crippen LogP contribution is -2.24. The standard InChI is InChI=1S/C10H8N2O2/c13-9(14)6-7-3-5-12-10-8(7)2-1-4-11-10/h1-5H,6H2,(H,13,14)/p-1. The lowest BCUT2D eigenvalue weighted by atomic mass is 10.1. The highest BCUT2D eigenvalue weighted by Gasteiger charge is 2.01. The number of hydrogen-bond acceptors (Lipinski definition) is 4. The number of carbonyl (C=O) groups excluding carboxylic acids is 1. The molecule has 2 aromatic rings. The summed E-state index contributed by atoms with van der Waals surface area (Å²) in [4.78, 5) is 18.5. The molecule has 70 valence electrons. The van der Waals surface area contributed by atoms with E-state index in [0.29, 0.717) is 11.2 Å². The quantitative estimate of drug-likeness (QED) is 0.659. The first kappa shape index (κ1) is 8.62. The summed E-state index contributed by atoms with van der Waals surface area (Å²) < 4.78 is 0. The second kappa shape index (κ2) is 3.41. The molecule has 0 aromatic carbocycles. The molecule has 0 aliphatic carbocycles. The molecule has 0 fully saturated rings. The molecule has 14 heavy (non-hydrogen) atoms. The summed E-state index contributed by atoms with van der Waals surface area (Å²) in [5.74, 6) is -1.10. The van der Waals surface area contributed by atoms with Crippen molar-refractivity contribution in [3.8, 4) is 0 Å². The van der Waals surface area contributed by atoms with Crippen LogP contribution in [-0.4, -0.2) is 15.9 Å². The summed E-state index contributed by atoms with van der Waals surface area (Å²) in [6, 6.07) is 5.22. The van der Waals surface area contributed by atoms with E-state index in [-0.39, 0.29) is 6.42 Å². The van der Waals surface area contributed by atoms with Crippen molar-refractivity contribution in [3.63, 3.8) is 0 Å². The highest BCUT2D eigenvalue weighted by atomic mass is 16.4. The average molecular weight is 187 g/mol. The molecule has 4 nitrogen and oxygen atoms in total. The van der Waals surface area contributed by atoms with E-state index in [9.17, 15) is 9.90 Å². The SMILES string of the molecule is O=C([O-])Cc1ccnc2ncccc12. The van der Waals surface area contributed by atoms with Crippen LogP contribution in [0.2, 0.25) is 0 Å². The van der Waals surface area contributed by atoms with Gasteiger partial charge in [-0.05, 0) is 23.8 Å². The fraction of sp³-hybridized carbons (Fsp3) is 0.100. The number of nitrogens with zero attached hydrogens (tertiary/aromatic N) is 2. The van der Waals surface area contributed by atoms with Gasteiger partial charge >= 0.3 is 0 Å². The molecule has 0 unspecified atom stereocenters. The Bertz CT molecular complexity index is 477. The van der Waals surface area contributed by atoms with Crippen molar-refractivity contribution in [2.75, 3.05) is 0 Å². The van der Waals surface area contributed by atoms with Crippen molar-refractivity contribution in [2.45, 2.75) is 6.42 Å². The van der Waals surface area contributed by atoms with Gasteiger partial charge in [-0.3, -0.25) is 0 Å². The fourth-order valence-electron chi connectivity index (χ4n) is 1.35. The highest BCUT2D eigenvalue weighted by molar-refractivity contribution is 5.82.